The van der Waals surface area contributed by atoms with Gasteiger partial charge in [0.2, 0.25) is 0 Å². The first-order valence-corrected chi connectivity index (χ1v) is 30.6. The Morgan fingerprint density at radius 1 is 0.393 bits per heavy atom. The molecule has 3 saturated heterocycles. The SMILES string of the molecule is C[C@H]1O[C@@H](O[C@H]2[C@H](OCc3ccccc3)[C@@H](OCc3ccccc3)[C@@H](O[C@H]3[C@H](OCc4ccccc4)CN(C(=O)OCc4ccccc4)[C@H]3CF)O[C@@H]2COCc2ccccc2)[C@H](OCc2ccccc2)[C@@H](OCc2ccccc2)[C@@H]1OCc1ccccc1. The molecule has 11 rings (SSSR count). The van der Waals surface area contributed by atoms with Crippen molar-refractivity contribution in [1.82, 2.24) is 4.90 Å². The maximum absolute atomic E-state index is 16.2. The standard InChI is InChI=1S/C74H78FNO13/c1-53-65(80-46-56-30-14-4-15-31-56)68(81-47-57-32-16-5-17-33-57)70(83-49-59-36-20-7-21-37-59)72(86-53)89-67-64(52-78-44-54-26-10-2-11-27-54)87-73(71(84-50-60-38-22-8-23-39-60)69(67)82-48-58-34-18-6-19-35-58)88-66-62(42-75)76(74(77)85-51-61-40-24-9-25-41-61)43-63(66)79-45-55-28-12-3-13-29-55/h2-41,53,62-73H,42-52H2,1H3/t53-,62+,63-,64-,65-,66-,67-,68+,69+,70-,71-,72+,73-/m1/s1. The van der Waals surface area contributed by atoms with Crippen molar-refractivity contribution in [2.75, 3.05) is 19.8 Å². The van der Waals surface area contributed by atoms with E-state index in [2.05, 4.69) is 0 Å². The number of hydrogen-bond acceptors (Lipinski definition) is 13. The lowest BCUT2D eigenvalue weighted by Crippen LogP contribution is -2.66. The molecule has 89 heavy (non-hydrogen) atoms. The summed E-state index contributed by atoms with van der Waals surface area (Å²) in [6.07, 6.45) is -12.3. The molecule has 0 aliphatic carbocycles. The molecule has 0 bridgehead atoms. The van der Waals surface area contributed by atoms with Crippen molar-refractivity contribution in [1.29, 1.82) is 0 Å². The first-order valence-electron chi connectivity index (χ1n) is 30.6. The Labute approximate surface area is 521 Å². The average molecular weight is 1210 g/mol. The van der Waals surface area contributed by atoms with Gasteiger partial charge in [0.15, 0.2) is 12.6 Å². The van der Waals surface area contributed by atoms with Crippen LogP contribution in [0.4, 0.5) is 9.18 Å². The second-order valence-electron chi connectivity index (χ2n) is 22.5. The van der Waals surface area contributed by atoms with Gasteiger partial charge in [-0.2, -0.15) is 0 Å². The summed E-state index contributed by atoms with van der Waals surface area (Å²) in [7, 11) is 0. The van der Waals surface area contributed by atoms with Crippen molar-refractivity contribution >= 4 is 6.09 Å². The molecule has 0 spiro atoms. The van der Waals surface area contributed by atoms with Gasteiger partial charge >= 0.3 is 6.09 Å². The maximum atomic E-state index is 16.2. The highest BCUT2D eigenvalue weighted by Gasteiger charge is 2.56. The van der Waals surface area contributed by atoms with E-state index >= 15 is 4.39 Å². The van der Waals surface area contributed by atoms with Crippen molar-refractivity contribution in [3.05, 3.63) is 287 Å². The highest BCUT2D eigenvalue weighted by molar-refractivity contribution is 5.69. The predicted molar refractivity (Wildman–Crippen MR) is 332 cm³/mol. The molecule has 1 amide bonds. The van der Waals surface area contributed by atoms with E-state index in [1.807, 2.05) is 250 Å². The van der Waals surface area contributed by atoms with Crippen LogP contribution >= 0.6 is 0 Å². The Kier molecular flexibility index (Phi) is 23.3. The predicted octanol–water partition coefficient (Wildman–Crippen LogP) is 12.9. The van der Waals surface area contributed by atoms with Crippen LogP contribution in [0.5, 0.6) is 0 Å². The van der Waals surface area contributed by atoms with Crippen molar-refractivity contribution in [2.24, 2.45) is 0 Å². The number of rotatable bonds is 29. The third-order valence-electron chi connectivity index (χ3n) is 16.1. The average Bonchev–Trinajstić information content (AvgIpc) is 2.10. The molecule has 8 aromatic rings. The van der Waals surface area contributed by atoms with Gasteiger partial charge in [-0.1, -0.05) is 243 Å². The smallest absolute Gasteiger partial charge is 0.410 e. The van der Waals surface area contributed by atoms with Crippen molar-refractivity contribution in [3.63, 3.8) is 0 Å². The summed E-state index contributed by atoms with van der Waals surface area (Å²) in [4.78, 5) is 15.6. The Bertz CT molecular complexity index is 3280. The summed E-state index contributed by atoms with van der Waals surface area (Å²) < 4.78 is 100. The lowest BCUT2D eigenvalue weighted by molar-refractivity contribution is -0.379. The summed E-state index contributed by atoms with van der Waals surface area (Å²) in [6, 6.07) is 77.1. The number of carbonyl (C=O) groups excluding carboxylic acids is 1. The number of likely N-dealkylation sites (tertiary alicyclic amines) is 1. The number of ether oxygens (including phenoxy) is 12. The summed E-state index contributed by atoms with van der Waals surface area (Å²) in [5.74, 6) is 0. The molecule has 0 unspecified atom stereocenters. The molecule has 3 aliphatic heterocycles. The minimum atomic E-state index is -1.32. The van der Waals surface area contributed by atoms with E-state index in [1.165, 1.54) is 4.90 Å². The number of benzene rings is 8. The highest BCUT2D eigenvalue weighted by Crippen LogP contribution is 2.39. The van der Waals surface area contributed by atoms with Crippen LogP contribution in [0.2, 0.25) is 0 Å². The van der Waals surface area contributed by atoms with E-state index < -0.39 is 92.4 Å². The fourth-order valence-corrected chi connectivity index (χ4v) is 11.5. The monoisotopic (exact) mass is 1210 g/mol. The molecule has 3 aliphatic rings. The highest BCUT2D eigenvalue weighted by atomic mass is 19.1. The number of halogens is 1. The molecule has 0 N–H and O–H groups in total. The van der Waals surface area contributed by atoms with E-state index in [9.17, 15) is 4.79 Å². The van der Waals surface area contributed by atoms with E-state index in [-0.39, 0.29) is 66.0 Å². The van der Waals surface area contributed by atoms with Crippen molar-refractivity contribution in [2.45, 2.75) is 139 Å². The molecule has 15 heteroatoms. The van der Waals surface area contributed by atoms with Gasteiger partial charge in [0.1, 0.15) is 68.2 Å². The molecule has 3 heterocycles. The van der Waals surface area contributed by atoms with Crippen LogP contribution in [0.1, 0.15) is 51.4 Å². The molecular weight excluding hydrogens is 1130 g/mol. The van der Waals surface area contributed by atoms with Crippen LogP contribution in [0.15, 0.2) is 243 Å². The van der Waals surface area contributed by atoms with Crippen LogP contribution in [0.3, 0.4) is 0 Å². The molecular formula is C74H78FNO13. The summed E-state index contributed by atoms with van der Waals surface area (Å²) >= 11 is 0. The van der Waals surface area contributed by atoms with Gasteiger partial charge in [-0.15, -0.1) is 0 Å². The van der Waals surface area contributed by atoms with E-state index in [0.29, 0.717) is 0 Å². The minimum absolute atomic E-state index is 0.0211. The Morgan fingerprint density at radius 3 is 1.12 bits per heavy atom. The van der Waals surface area contributed by atoms with Gasteiger partial charge < -0.3 is 56.8 Å². The first-order chi connectivity index (χ1) is 43.9. The van der Waals surface area contributed by atoms with Crippen LogP contribution in [0.25, 0.3) is 0 Å². The molecule has 464 valence electrons. The van der Waals surface area contributed by atoms with Gasteiger partial charge in [0.05, 0.1) is 71.5 Å². The van der Waals surface area contributed by atoms with Crippen LogP contribution in [0, 0.1) is 0 Å². The quantitative estimate of drug-likeness (QED) is 0.0441. The van der Waals surface area contributed by atoms with Gasteiger partial charge in [-0.05, 0) is 51.4 Å². The zero-order chi connectivity index (χ0) is 60.8. The topological polar surface area (TPSA) is 131 Å². The molecule has 8 aromatic carbocycles. The Balaban J connectivity index is 0.983. The van der Waals surface area contributed by atoms with Crippen LogP contribution in [-0.2, 0) is 110 Å². The zero-order valence-corrected chi connectivity index (χ0v) is 50.0. The van der Waals surface area contributed by atoms with Gasteiger partial charge in [0, 0.05) is 0 Å². The Hall–Kier alpha value is -7.48. The fraction of sp³-hybridized carbons (Fsp3) is 0.338. The lowest BCUT2D eigenvalue weighted by atomic mass is 9.95. The lowest BCUT2D eigenvalue weighted by Gasteiger charge is -2.50. The number of alkyl halides is 1. The molecule has 3 fully saturated rings. The summed E-state index contributed by atoms with van der Waals surface area (Å²) in [5.41, 5.74) is 7.19. The fourth-order valence-electron chi connectivity index (χ4n) is 11.5. The second kappa shape index (κ2) is 32.8. The first kappa shape index (κ1) is 63.1. The normalized spacial score (nSPS) is 25.1. The summed E-state index contributed by atoms with van der Waals surface area (Å²) in [6.45, 7) is 2.10. The largest absolute Gasteiger partial charge is 0.445 e. The van der Waals surface area contributed by atoms with Crippen molar-refractivity contribution in [3.8, 4) is 0 Å². The van der Waals surface area contributed by atoms with E-state index in [4.69, 9.17) is 56.8 Å². The number of hydrogen-bond donors (Lipinski definition) is 0. The molecule has 0 saturated carbocycles. The molecule has 0 radical (unpaired) electrons. The molecule has 14 nitrogen and oxygen atoms in total. The Morgan fingerprint density at radius 2 is 0.719 bits per heavy atom. The molecule has 13 atom stereocenters. The van der Waals surface area contributed by atoms with Gasteiger partial charge in [-0.3, -0.25) is 4.90 Å². The summed E-state index contributed by atoms with van der Waals surface area (Å²) in [5, 5.41) is 0. The van der Waals surface area contributed by atoms with E-state index in [0.717, 1.165) is 44.5 Å². The van der Waals surface area contributed by atoms with Crippen LogP contribution in [-0.4, -0.2) is 110 Å². The van der Waals surface area contributed by atoms with Gasteiger partial charge in [-0.25, -0.2) is 9.18 Å². The minimum Gasteiger partial charge on any atom is -0.445 e. The van der Waals surface area contributed by atoms with Crippen molar-refractivity contribution < 1.29 is 66.0 Å². The second-order valence-corrected chi connectivity index (χ2v) is 22.5. The zero-order valence-electron chi connectivity index (χ0n) is 50.0. The third kappa shape index (κ3) is 17.7. The maximum Gasteiger partial charge on any atom is 0.410 e. The van der Waals surface area contributed by atoms with E-state index in [1.54, 1.807) is 0 Å². The van der Waals surface area contributed by atoms with Crippen LogP contribution < -0.4 is 0 Å². The number of amides is 1. The molecule has 0 aromatic heterocycles. The number of nitrogens with zero attached hydrogens (tertiary/aromatic N) is 1. The third-order valence-corrected chi connectivity index (χ3v) is 16.1. The van der Waals surface area contributed by atoms with Gasteiger partial charge in [0.25, 0.3) is 0 Å². The number of carbonyl (C=O) groups is 1.